The molecule has 0 aliphatic heterocycles. The number of hydrogen-bond acceptors (Lipinski definition) is 4. The van der Waals surface area contributed by atoms with Gasteiger partial charge in [0.25, 0.3) is 0 Å². The van der Waals surface area contributed by atoms with Crippen LogP contribution in [0.3, 0.4) is 0 Å². The lowest BCUT2D eigenvalue weighted by molar-refractivity contribution is -0.120. The number of fused-ring (bicyclic) bond motifs is 1. The fourth-order valence-corrected chi connectivity index (χ4v) is 3.32. The normalized spacial score (nSPS) is 13.3. The smallest absolute Gasteiger partial charge is 0.244 e. The van der Waals surface area contributed by atoms with Gasteiger partial charge in [0.15, 0.2) is 0 Å². The Balaban J connectivity index is 1.64. The average molecular weight is 352 g/mol. The molecule has 1 amide bonds. The molecule has 5 heteroatoms. The lowest BCUT2D eigenvalue weighted by Gasteiger charge is -2.18. The van der Waals surface area contributed by atoms with Gasteiger partial charge in [-0.25, -0.2) is 5.43 Å². The molecule has 0 unspecified atom stereocenters. The highest BCUT2D eigenvalue weighted by Crippen LogP contribution is 2.25. The molecule has 0 radical (unpaired) electrons. The summed E-state index contributed by atoms with van der Waals surface area (Å²) in [6.07, 6.45) is 6.54. The first-order valence-corrected chi connectivity index (χ1v) is 8.84. The molecule has 0 atom stereocenters. The molecule has 5 nitrogen and oxygen atoms in total. The number of nitrogens with one attached hydrogen (secondary N) is 1. The highest BCUT2D eigenvalue weighted by molar-refractivity contribution is 5.84. The van der Waals surface area contributed by atoms with Crippen LogP contribution in [0.15, 0.2) is 41.5 Å². The topological polar surface area (TPSA) is 59.9 Å². The molecular formula is C21H24N2O3. The molecule has 0 heterocycles. The van der Waals surface area contributed by atoms with Crippen molar-refractivity contribution in [2.45, 2.75) is 32.1 Å². The first-order valence-electron chi connectivity index (χ1n) is 8.84. The molecule has 0 saturated heterocycles. The summed E-state index contributed by atoms with van der Waals surface area (Å²) in [7, 11) is 3.19. The van der Waals surface area contributed by atoms with Gasteiger partial charge in [-0.15, -0.1) is 0 Å². The van der Waals surface area contributed by atoms with Crippen LogP contribution in [0.1, 0.15) is 35.1 Å². The second-order valence-electron chi connectivity index (χ2n) is 6.38. The minimum atomic E-state index is -0.116. The lowest BCUT2D eigenvalue weighted by atomic mass is 9.87. The first-order chi connectivity index (χ1) is 12.7. The predicted molar refractivity (Wildman–Crippen MR) is 102 cm³/mol. The summed E-state index contributed by atoms with van der Waals surface area (Å²) in [6, 6.07) is 11.7. The number of aryl methyl sites for hydroxylation is 1. The molecule has 2 aromatic rings. The number of ether oxygens (including phenoxy) is 2. The van der Waals surface area contributed by atoms with Gasteiger partial charge >= 0.3 is 0 Å². The number of benzene rings is 2. The SMILES string of the molecule is COc1cc(/C=N\NC(=O)Cc2cccc3c2CCCC3)cc(OC)c1. The Morgan fingerprint density at radius 3 is 2.58 bits per heavy atom. The molecule has 3 rings (SSSR count). The van der Waals surface area contributed by atoms with Crippen LogP contribution in [0, 0.1) is 0 Å². The number of hydrazone groups is 1. The van der Waals surface area contributed by atoms with E-state index in [1.165, 1.54) is 24.0 Å². The number of amides is 1. The third-order valence-electron chi connectivity index (χ3n) is 4.62. The summed E-state index contributed by atoms with van der Waals surface area (Å²) in [4.78, 5) is 12.3. The van der Waals surface area contributed by atoms with E-state index in [4.69, 9.17) is 9.47 Å². The number of carbonyl (C=O) groups excluding carboxylic acids is 1. The molecule has 1 aliphatic rings. The Morgan fingerprint density at radius 2 is 1.85 bits per heavy atom. The number of rotatable bonds is 6. The Kier molecular flexibility index (Phi) is 5.89. The molecule has 1 aliphatic carbocycles. The van der Waals surface area contributed by atoms with E-state index in [1.54, 1.807) is 26.5 Å². The van der Waals surface area contributed by atoms with Gasteiger partial charge in [-0.1, -0.05) is 18.2 Å². The molecule has 2 aromatic carbocycles. The van der Waals surface area contributed by atoms with Crippen molar-refractivity contribution in [1.82, 2.24) is 5.43 Å². The van der Waals surface area contributed by atoms with Crippen LogP contribution in [0.25, 0.3) is 0 Å². The maximum atomic E-state index is 12.3. The fourth-order valence-electron chi connectivity index (χ4n) is 3.32. The largest absolute Gasteiger partial charge is 0.497 e. The van der Waals surface area contributed by atoms with Crippen molar-refractivity contribution < 1.29 is 14.3 Å². The molecule has 0 saturated carbocycles. The molecule has 0 spiro atoms. The van der Waals surface area contributed by atoms with Crippen LogP contribution in [-0.4, -0.2) is 26.3 Å². The van der Waals surface area contributed by atoms with Gasteiger partial charge in [-0.2, -0.15) is 5.10 Å². The molecule has 0 bridgehead atoms. The Labute approximate surface area is 154 Å². The number of methoxy groups -OCH3 is 2. The molecule has 0 aromatic heterocycles. The Bertz CT molecular complexity index is 793. The van der Waals surface area contributed by atoms with Crippen molar-refractivity contribution in [3.05, 3.63) is 58.7 Å². The number of hydrogen-bond donors (Lipinski definition) is 1. The van der Waals surface area contributed by atoms with Crippen molar-refractivity contribution in [3.8, 4) is 11.5 Å². The Morgan fingerprint density at radius 1 is 1.12 bits per heavy atom. The minimum absolute atomic E-state index is 0.116. The summed E-state index contributed by atoms with van der Waals surface area (Å²) in [5.74, 6) is 1.23. The van der Waals surface area contributed by atoms with Gasteiger partial charge in [-0.3, -0.25) is 4.79 Å². The van der Waals surface area contributed by atoms with E-state index in [0.717, 1.165) is 24.0 Å². The highest BCUT2D eigenvalue weighted by atomic mass is 16.5. The van der Waals surface area contributed by atoms with Gasteiger partial charge < -0.3 is 9.47 Å². The zero-order valence-corrected chi connectivity index (χ0v) is 15.2. The number of carbonyl (C=O) groups is 1. The maximum absolute atomic E-state index is 12.3. The van der Waals surface area contributed by atoms with Gasteiger partial charge in [-0.05, 0) is 54.5 Å². The van der Waals surface area contributed by atoms with Gasteiger partial charge in [0, 0.05) is 11.6 Å². The van der Waals surface area contributed by atoms with E-state index in [1.807, 2.05) is 24.3 Å². The van der Waals surface area contributed by atoms with Crippen molar-refractivity contribution in [3.63, 3.8) is 0 Å². The third-order valence-corrected chi connectivity index (χ3v) is 4.62. The quantitative estimate of drug-likeness (QED) is 0.641. The molecular weight excluding hydrogens is 328 g/mol. The Hall–Kier alpha value is -2.82. The van der Waals surface area contributed by atoms with Crippen molar-refractivity contribution >= 4 is 12.1 Å². The van der Waals surface area contributed by atoms with Crippen LogP contribution in [0.4, 0.5) is 0 Å². The monoisotopic (exact) mass is 352 g/mol. The second-order valence-corrected chi connectivity index (χ2v) is 6.38. The molecule has 26 heavy (non-hydrogen) atoms. The zero-order valence-electron chi connectivity index (χ0n) is 15.2. The van der Waals surface area contributed by atoms with E-state index in [9.17, 15) is 4.79 Å². The first kappa shape index (κ1) is 18.0. The van der Waals surface area contributed by atoms with Crippen molar-refractivity contribution in [2.24, 2.45) is 5.10 Å². The zero-order chi connectivity index (χ0) is 18.4. The van der Waals surface area contributed by atoms with Crippen LogP contribution < -0.4 is 14.9 Å². The van der Waals surface area contributed by atoms with Gasteiger partial charge in [0.2, 0.25) is 5.91 Å². The van der Waals surface area contributed by atoms with Crippen LogP contribution in [0.5, 0.6) is 11.5 Å². The summed E-state index contributed by atoms with van der Waals surface area (Å²) in [5.41, 5.74) is 7.24. The third kappa shape index (κ3) is 4.42. The van der Waals surface area contributed by atoms with Crippen LogP contribution in [-0.2, 0) is 24.1 Å². The van der Waals surface area contributed by atoms with Crippen molar-refractivity contribution in [2.75, 3.05) is 14.2 Å². The minimum Gasteiger partial charge on any atom is -0.497 e. The summed E-state index contributed by atoms with van der Waals surface area (Å²) >= 11 is 0. The summed E-state index contributed by atoms with van der Waals surface area (Å²) in [6.45, 7) is 0. The highest BCUT2D eigenvalue weighted by Gasteiger charge is 2.14. The average Bonchev–Trinajstić information content (AvgIpc) is 2.68. The lowest BCUT2D eigenvalue weighted by Crippen LogP contribution is -2.21. The van der Waals surface area contributed by atoms with Gasteiger partial charge in [0.1, 0.15) is 11.5 Å². The van der Waals surface area contributed by atoms with Crippen LogP contribution >= 0.6 is 0 Å². The summed E-state index contributed by atoms with van der Waals surface area (Å²) < 4.78 is 10.5. The second kappa shape index (κ2) is 8.52. The van der Waals surface area contributed by atoms with E-state index >= 15 is 0 Å². The van der Waals surface area contributed by atoms with E-state index in [-0.39, 0.29) is 5.91 Å². The van der Waals surface area contributed by atoms with E-state index in [2.05, 4.69) is 16.6 Å². The molecule has 0 fully saturated rings. The fraction of sp³-hybridized carbons (Fsp3) is 0.333. The number of nitrogens with zero attached hydrogens (tertiary/aromatic N) is 1. The van der Waals surface area contributed by atoms with Crippen LogP contribution in [0.2, 0.25) is 0 Å². The van der Waals surface area contributed by atoms with Crippen molar-refractivity contribution in [1.29, 1.82) is 0 Å². The summed E-state index contributed by atoms with van der Waals surface area (Å²) in [5, 5.41) is 4.06. The molecule has 136 valence electrons. The maximum Gasteiger partial charge on any atom is 0.244 e. The standard InChI is InChI=1S/C21H24N2O3/c1-25-18-10-15(11-19(13-18)26-2)14-22-23-21(24)12-17-8-5-7-16-6-3-4-9-20(16)17/h5,7-8,10-11,13-14H,3-4,6,9,12H2,1-2H3,(H,23,24)/b22-14-. The van der Waals surface area contributed by atoms with E-state index in [0.29, 0.717) is 17.9 Å². The molecule has 1 N–H and O–H groups in total. The van der Waals surface area contributed by atoms with Gasteiger partial charge in [0.05, 0.1) is 26.9 Å². The predicted octanol–water partition coefficient (Wildman–Crippen LogP) is 3.28. The van der Waals surface area contributed by atoms with E-state index < -0.39 is 0 Å².